The van der Waals surface area contributed by atoms with Gasteiger partial charge >= 0.3 is 5.97 Å². The molecule has 1 aliphatic rings. The Morgan fingerprint density at radius 1 is 1.19 bits per heavy atom. The molecular weight excluding hydrogens is 266 g/mol. The zero-order chi connectivity index (χ0) is 15.8. The number of unbranched alkanes of at least 4 members (excludes halogenated alkanes) is 1. The van der Waals surface area contributed by atoms with Crippen LogP contribution in [-0.4, -0.2) is 23.5 Å². The van der Waals surface area contributed by atoms with Gasteiger partial charge in [0.15, 0.2) is 0 Å². The summed E-state index contributed by atoms with van der Waals surface area (Å²) in [5.41, 5.74) is 0. The summed E-state index contributed by atoms with van der Waals surface area (Å²) >= 11 is 0. The predicted molar refractivity (Wildman–Crippen MR) is 83.9 cm³/mol. The van der Waals surface area contributed by atoms with Crippen LogP contribution in [0.2, 0.25) is 0 Å². The van der Waals surface area contributed by atoms with Gasteiger partial charge in [-0.3, -0.25) is 9.59 Å². The van der Waals surface area contributed by atoms with Gasteiger partial charge in [0.05, 0.1) is 5.92 Å². The number of nitrogens with one attached hydrogen (secondary N) is 1. The maximum absolute atomic E-state index is 12.2. The Balaban J connectivity index is 2.32. The van der Waals surface area contributed by atoms with Crippen LogP contribution in [0.15, 0.2) is 0 Å². The zero-order valence-electron chi connectivity index (χ0n) is 13.7. The number of carboxylic acid groups (broad SMARTS) is 1. The molecule has 0 spiro atoms. The third-order valence-electron chi connectivity index (χ3n) is 4.80. The normalized spacial score (nSPS) is 23.8. The molecule has 0 aromatic rings. The fourth-order valence-electron chi connectivity index (χ4n) is 3.17. The molecule has 0 heterocycles. The van der Waals surface area contributed by atoms with Crippen molar-refractivity contribution in [2.75, 3.05) is 6.54 Å². The second kappa shape index (κ2) is 9.06. The van der Waals surface area contributed by atoms with Gasteiger partial charge in [0.2, 0.25) is 5.91 Å². The average molecular weight is 297 g/mol. The molecule has 0 aromatic carbocycles. The molecule has 1 amide bonds. The van der Waals surface area contributed by atoms with Crippen LogP contribution in [0.25, 0.3) is 0 Å². The maximum Gasteiger partial charge on any atom is 0.308 e. The van der Waals surface area contributed by atoms with Gasteiger partial charge in [-0.2, -0.15) is 0 Å². The molecule has 1 unspecified atom stereocenters. The van der Waals surface area contributed by atoms with Gasteiger partial charge in [0.25, 0.3) is 0 Å². The summed E-state index contributed by atoms with van der Waals surface area (Å²) in [4.78, 5) is 23.3. The van der Waals surface area contributed by atoms with Crippen molar-refractivity contribution in [1.82, 2.24) is 5.32 Å². The molecule has 2 N–H and O–H groups in total. The topological polar surface area (TPSA) is 66.4 Å². The molecule has 1 fully saturated rings. The summed E-state index contributed by atoms with van der Waals surface area (Å²) in [6.07, 6.45) is 8.02. The van der Waals surface area contributed by atoms with Gasteiger partial charge in [-0.25, -0.2) is 0 Å². The van der Waals surface area contributed by atoms with E-state index in [9.17, 15) is 9.59 Å². The van der Waals surface area contributed by atoms with Crippen molar-refractivity contribution in [3.05, 3.63) is 0 Å². The van der Waals surface area contributed by atoms with E-state index in [0.29, 0.717) is 0 Å². The lowest BCUT2D eigenvalue weighted by molar-refractivity contribution is -0.143. The molecule has 4 nitrogen and oxygen atoms in total. The summed E-state index contributed by atoms with van der Waals surface area (Å²) in [6.45, 7) is 6.22. The van der Waals surface area contributed by atoms with Gasteiger partial charge in [-0.05, 0) is 37.5 Å². The Kier molecular flexibility index (Phi) is 7.76. The van der Waals surface area contributed by atoms with Crippen LogP contribution >= 0.6 is 0 Å². The Bertz CT molecular complexity index is 333. The highest BCUT2D eigenvalue weighted by Gasteiger charge is 2.28. The Labute approximate surface area is 128 Å². The molecule has 4 heteroatoms. The van der Waals surface area contributed by atoms with Crippen molar-refractivity contribution in [3.8, 4) is 0 Å². The monoisotopic (exact) mass is 297 g/mol. The minimum absolute atomic E-state index is 0.0348. The number of hydrogen-bond acceptors (Lipinski definition) is 2. The number of hydrogen-bond donors (Lipinski definition) is 2. The largest absolute Gasteiger partial charge is 0.481 e. The lowest BCUT2D eigenvalue weighted by Gasteiger charge is -2.28. The molecule has 0 bridgehead atoms. The molecule has 1 rings (SSSR count). The van der Waals surface area contributed by atoms with E-state index in [1.807, 2.05) is 13.8 Å². The van der Waals surface area contributed by atoms with Crippen molar-refractivity contribution in [2.24, 2.45) is 23.7 Å². The number of amides is 1. The summed E-state index contributed by atoms with van der Waals surface area (Å²) in [5, 5.41) is 12.0. The van der Waals surface area contributed by atoms with Gasteiger partial charge in [-0.1, -0.05) is 40.0 Å². The highest BCUT2D eigenvalue weighted by atomic mass is 16.4. The van der Waals surface area contributed by atoms with Gasteiger partial charge in [0, 0.05) is 12.5 Å². The predicted octanol–water partition coefficient (Wildman–Crippen LogP) is 3.46. The van der Waals surface area contributed by atoms with E-state index in [0.717, 1.165) is 31.6 Å². The van der Waals surface area contributed by atoms with Crippen LogP contribution in [0.4, 0.5) is 0 Å². The average Bonchev–Trinajstić information content (AvgIpc) is 2.44. The van der Waals surface area contributed by atoms with Crippen molar-refractivity contribution >= 4 is 11.9 Å². The number of carbonyl (C=O) groups is 2. The molecule has 0 radical (unpaired) electrons. The zero-order valence-corrected chi connectivity index (χ0v) is 13.7. The highest BCUT2D eigenvalue weighted by Crippen LogP contribution is 2.32. The Morgan fingerprint density at radius 3 is 2.29 bits per heavy atom. The highest BCUT2D eigenvalue weighted by molar-refractivity contribution is 5.79. The van der Waals surface area contributed by atoms with Crippen molar-refractivity contribution in [2.45, 2.75) is 65.7 Å². The quantitative estimate of drug-likeness (QED) is 0.721. The van der Waals surface area contributed by atoms with Crippen LogP contribution in [0, 0.1) is 23.7 Å². The van der Waals surface area contributed by atoms with Crippen molar-refractivity contribution in [3.63, 3.8) is 0 Å². The summed E-state index contributed by atoms with van der Waals surface area (Å²) in [7, 11) is 0. The second-order valence-corrected chi connectivity index (χ2v) is 6.79. The number of carbonyl (C=O) groups excluding carboxylic acids is 1. The molecule has 1 atom stereocenters. The van der Waals surface area contributed by atoms with Crippen molar-refractivity contribution in [1.29, 1.82) is 0 Å². The first-order valence-electron chi connectivity index (χ1n) is 8.46. The smallest absolute Gasteiger partial charge is 0.308 e. The van der Waals surface area contributed by atoms with Crippen LogP contribution in [-0.2, 0) is 9.59 Å². The second-order valence-electron chi connectivity index (χ2n) is 6.79. The number of carboxylic acids is 1. The minimum atomic E-state index is -0.825. The van der Waals surface area contributed by atoms with E-state index in [1.54, 1.807) is 0 Å². The van der Waals surface area contributed by atoms with Crippen LogP contribution in [0.5, 0.6) is 0 Å². The van der Waals surface area contributed by atoms with E-state index in [2.05, 4.69) is 12.2 Å². The summed E-state index contributed by atoms with van der Waals surface area (Å²) in [5.74, 6) is -0.354. The maximum atomic E-state index is 12.2. The summed E-state index contributed by atoms with van der Waals surface area (Å²) in [6, 6.07) is 0. The van der Waals surface area contributed by atoms with Gasteiger partial charge in [0.1, 0.15) is 0 Å². The fraction of sp³-hybridized carbons (Fsp3) is 0.882. The molecule has 21 heavy (non-hydrogen) atoms. The van der Waals surface area contributed by atoms with Gasteiger partial charge in [-0.15, -0.1) is 0 Å². The fourth-order valence-corrected chi connectivity index (χ4v) is 3.17. The molecule has 122 valence electrons. The first-order chi connectivity index (χ1) is 9.95. The van der Waals surface area contributed by atoms with Crippen LogP contribution < -0.4 is 5.32 Å². The van der Waals surface area contributed by atoms with Gasteiger partial charge < -0.3 is 10.4 Å². The van der Waals surface area contributed by atoms with E-state index >= 15 is 0 Å². The first kappa shape index (κ1) is 18.0. The molecule has 1 aliphatic carbocycles. The van der Waals surface area contributed by atoms with E-state index in [1.165, 1.54) is 19.3 Å². The van der Waals surface area contributed by atoms with Crippen LogP contribution in [0.3, 0.4) is 0 Å². The number of rotatable bonds is 8. The van der Waals surface area contributed by atoms with Crippen LogP contribution in [0.1, 0.15) is 65.7 Å². The third-order valence-corrected chi connectivity index (χ3v) is 4.80. The molecule has 0 saturated heterocycles. The first-order valence-corrected chi connectivity index (χ1v) is 8.46. The summed E-state index contributed by atoms with van der Waals surface area (Å²) < 4.78 is 0. The van der Waals surface area contributed by atoms with Crippen molar-refractivity contribution < 1.29 is 14.7 Å². The Hall–Kier alpha value is -1.06. The lowest BCUT2D eigenvalue weighted by atomic mass is 9.79. The Morgan fingerprint density at radius 2 is 1.81 bits per heavy atom. The third kappa shape index (κ3) is 6.06. The SMILES string of the molecule is CCCCC1CCC(C(=O)NCC(C(=O)O)C(C)C)CC1. The molecule has 1 saturated carbocycles. The molecule has 0 aliphatic heterocycles. The number of aliphatic carboxylic acids is 1. The standard InChI is InChI=1S/C17H31NO3/c1-4-5-6-13-7-9-14(10-8-13)16(19)18-11-15(12(2)3)17(20)21/h12-15H,4-11H2,1-3H3,(H,18,19)(H,20,21). The van der Waals surface area contributed by atoms with E-state index < -0.39 is 11.9 Å². The van der Waals surface area contributed by atoms with E-state index in [-0.39, 0.29) is 24.3 Å². The lowest BCUT2D eigenvalue weighted by Crippen LogP contribution is -2.39. The molecular formula is C17H31NO3. The van der Waals surface area contributed by atoms with E-state index in [4.69, 9.17) is 5.11 Å². The minimum Gasteiger partial charge on any atom is -0.481 e. The molecule has 0 aromatic heterocycles.